The molecule has 0 unspecified atom stereocenters. The van der Waals surface area contributed by atoms with Gasteiger partial charge in [-0.05, 0) is 54.0 Å². The van der Waals surface area contributed by atoms with Crippen molar-refractivity contribution in [2.24, 2.45) is 0 Å². The van der Waals surface area contributed by atoms with Gasteiger partial charge < -0.3 is 0 Å². The lowest BCUT2D eigenvalue weighted by molar-refractivity contribution is 0.0967. The van der Waals surface area contributed by atoms with Gasteiger partial charge in [0.15, 0.2) is 5.78 Å². The Bertz CT molecular complexity index is 373. The molecule has 13 heavy (non-hydrogen) atoms. The van der Waals surface area contributed by atoms with E-state index in [1.165, 1.54) is 0 Å². The molecule has 3 heteroatoms. The molecular weight excluding hydrogens is 277 g/mol. The highest BCUT2D eigenvalue weighted by Crippen LogP contribution is 2.22. The lowest BCUT2D eigenvalue weighted by Crippen LogP contribution is -2.14. The summed E-state index contributed by atoms with van der Waals surface area (Å²) in [5.41, 5.74) is 2.81. The summed E-state index contributed by atoms with van der Waals surface area (Å²) in [4.78, 5) is 15.8. The van der Waals surface area contributed by atoms with Crippen LogP contribution in [0, 0.1) is 10.5 Å². The topological polar surface area (TPSA) is 30.0 Å². The molecule has 68 valence electrons. The molecule has 0 fully saturated rings. The van der Waals surface area contributed by atoms with Gasteiger partial charge in [-0.25, -0.2) is 4.98 Å². The third kappa shape index (κ3) is 1.61. The number of hydrogen-bond acceptors (Lipinski definition) is 2. The molecule has 2 nitrogen and oxygen atoms in total. The Morgan fingerprint density at radius 2 is 2.23 bits per heavy atom. The largest absolute Gasteiger partial charge is 0.292 e. The maximum Gasteiger partial charge on any atom is 0.181 e. The van der Waals surface area contributed by atoms with Crippen molar-refractivity contribution in [2.45, 2.75) is 26.2 Å². The van der Waals surface area contributed by atoms with Crippen LogP contribution in [0.4, 0.5) is 0 Å². The lowest BCUT2D eigenvalue weighted by atomic mass is 9.95. The van der Waals surface area contributed by atoms with Gasteiger partial charge in [-0.1, -0.05) is 0 Å². The first-order chi connectivity index (χ1) is 6.18. The zero-order valence-corrected chi connectivity index (χ0v) is 9.59. The van der Waals surface area contributed by atoms with Gasteiger partial charge in [-0.3, -0.25) is 4.79 Å². The van der Waals surface area contributed by atoms with Gasteiger partial charge in [-0.15, -0.1) is 0 Å². The highest BCUT2D eigenvalue weighted by Gasteiger charge is 2.19. The van der Waals surface area contributed by atoms with Crippen LogP contribution in [-0.2, 0) is 6.42 Å². The Balaban J connectivity index is 2.58. The fourth-order valence-electron chi connectivity index (χ4n) is 1.61. The molecule has 0 amide bonds. The maximum atomic E-state index is 11.5. The van der Waals surface area contributed by atoms with Gasteiger partial charge in [0.05, 0.1) is 5.69 Å². The minimum absolute atomic E-state index is 0.209. The van der Waals surface area contributed by atoms with Crippen molar-refractivity contribution in [2.75, 3.05) is 0 Å². The van der Waals surface area contributed by atoms with E-state index in [1.807, 2.05) is 6.92 Å². The molecule has 0 aromatic carbocycles. The number of nitrogens with zero attached hydrogens (tertiary/aromatic N) is 1. The van der Waals surface area contributed by atoms with Gasteiger partial charge in [0.2, 0.25) is 0 Å². The number of carbonyl (C=O) groups is 1. The molecule has 0 N–H and O–H groups in total. The number of pyridine rings is 1. The average molecular weight is 287 g/mol. The van der Waals surface area contributed by atoms with E-state index in [-0.39, 0.29) is 5.78 Å². The highest BCUT2D eigenvalue weighted by molar-refractivity contribution is 14.1. The molecular formula is C10H10INO. The van der Waals surface area contributed by atoms with E-state index >= 15 is 0 Å². The van der Waals surface area contributed by atoms with Gasteiger partial charge in [0.25, 0.3) is 0 Å². The van der Waals surface area contributed by atoms with Crippen molar-refractivity contribution in [3.05, 3.63) is 26.6 Å². The van der Waals surface area contributed by atoms with E-state index in [0.29, 0.717) is 12.1 Å². The summed E-state index contributed by atoms with van der Waals surface area (Å²) in [5.74, 6) is 0.209. The van der Waals surface area contributed by atoms with E-state index in [0.717, 1.165) is 27.7 Å². The second kappa shape index (κ2) is 3.36. The number of ketones is 1. The summed E-state index contributed by atoms with van der Waals surface area (Å²) >= 11 is 2.26. The van der Waals surface area contributed by atoms with E-state index in [1.54, 1.807) is 0 Å². The molecule has 1 aliphatic rings. The first-order valence-corrected chi connectivity index (χ1v) is 5.45. The molecule has 0 radical (unpaired) electrons. The SMILES string of the molecule is Cc1nc2c(cc1I)CCCC2=O. The first kappa shape index (κ1) is 9.12. The summed E-state index contributed by atoms with van der Waals surface area (Å²) < 4.78 is 1.16. The number of carbonyl (C=O) groups excluding carboxylic acids is 1. The van der Waals surface area contributed by atoms with E-state index in [9.17, 15) is 4.79 Å². The number of rotatable bonds is 0. The standard InChI is InChI=1S/C10H10INO/c1-6-8(11)5-7-3-2-4-9(13)10(7)12-6/h5H,2-4H2,1H3. The highest BCUT2D eigenvalue weighted by atomic mass is 127. The van der Waals surface area contributed by atoms with Crippen LogP contribution in [-0.4, -0.2) is 10.8 Å². The second-order valence-corrected chi connectivity index (χ2v) is 4.50. The number of Topliss-reactive ketones (excluding diaryl/α,β-unsaturated/α-hetero) is 1. The average Bonchev–Trinajstić information content (AvgIpc) is 2.09. The van der Waals surface area contributed by atoms with Crippen LogP contribution in [0.2, 0.25) is 0 Å². The quantitative estimate of drug-likeness (QED) is 0.686. The van der Waals surface area contributed by atoms with Crippen LogP contribution in [0.1, 0.15) is 34.6 Å². The Morgan fingerprint density at radius 3 is 3.00 bits per heavy atom. The van der Waals surface area contributed by atoms with Crippen molar-refractivity contribution >= 4 is 28.4 Å². The van der Waals surface area contributed by atoms with E-state index < -0.39 is 0 Å². The van der Waals surface area contributed by atoms with Gasteiger partial charge in [0, 0.05) is 9.99 Å². The van der Waals surface area contributed by atoms with Crippen molar-refractivity contribution in [1.82, 2.24) is 4.98 Å². The molecule has 2 rings (SSSR count). The Kier molecular flexibility index (Phi) is 2.36. The molecule has 1 aliphatic carbocycles. The molecule has 0 aliphatic heterocycles. The zero-order chi connectivity index (χ0) is 9.42. The third-order valence-corrected chi connectivity index (χ3v) is 3.44. The smallest absolute Gasteiger partial charge is 0.181 e. The number of hydrogen-bond donors (Lipinski definition) is 0. The van der Waals surface area contributed by atoms with E-state index in [2.05, 4.69) is 33.6 Å². The Hall–Kier alpha value is -0.450. The summed E-state index contributed by atoms with van der Waals surface area (Å²) in [6, 6.07) is 2.09. The van der Waals surface area contributed by atoms with Gasteiger partial charge in [0.1, 0.15) is 5.69 Å². The third-order valence-electron chi connectivity index (χ3n) is 2.34. The minimum atomic E-state index is 0.209. The predicted octanol–water partition coefficient (Wildman–Crippen LogP) is 2.51. The number of aryl methyl sites for hydroxylation is 2. The van der Waals surface area contributed by atoms with Gasteiger partial charge in [-0.2, -0.15) is 0 Å². The van der Waals surface area contributed by atoms with Crippen LogP contribution in [0.5, 0.6) is 0 Å². The molecule has 0 atom stereocenters. The summed E-state index contributed by atoms with van der Waals surface area (Å²) in [5, 5.41) is 0. The normalized spacial score (nSPS) is 15.7. The Labute approximate surface area is 90.9 Å². The van der Waals surface area contributed by atoms with E-state index in [4.69, 9.17) is 0 Å². The summed E-state index contributed by atoms with van der Waals surface area (Å²) in [7, 11) is 0. The molecule has 1 heterocycles. The first-order valence-electron chi connectivity index (χ1n) is 4.37. The molecule has 0 bridgehead atoms. The number of aromatic nitrogens is 1. The molecule has 0 saturated carbocycles. The molecule has 0 spiro atoms. The predicted molar refractivity (Wildman–Crippen MR) is 59.0 cm³/mol. The van der Waals surface area contributed by atoms with Crippen LogP contribution in [0.15, 0.2) is 6.07 Å². The maximum absolute atomic E-state index is 11.5. The minimum Gasteiger partial charge on any atom is -0.292 e. The monoisotopic (exact) mass is 287 g/mol. The fourth-order valence-corrected chi connectivity index (χ4v) is 2.10. The van der Waals surface area contributed by atoms with Crippen LogP contribution in [0.25, 0.3) is 0 Å². The second-order valence-electron chi connectivity index (χ2n) is 3.34. The molecule has 1 aromatic rings. The van der Waals surface area contributed by atoms with Crippen molar-refractivity contribution in [1.29, 1.82) is 0 Å². The lowest BCUT2D eigenvalue weighted by Gasteiger charge is -2.14. The summed E-state index contributed by atoms with van der Waals surface area (Å²) in [6.45, 7) is 1.95. The zero-order valence-electron chi connectivity index (χ0n) is 7.43. The van der Waals surface area contributed by atoms with Gasteiger partial charge >= 0.3 is 0 Å². The molecule has 1 aromatic heterocycles. The summed E-state index contributed by atoms with van der Waals surface area (Å²) in [6.07, 6.45) is 2.65. The van der Waals surface area contributed by atoms with Crippen molar-refractivity contribution in [3.8, 4) is 0 Å². The van der Waals surface area contributed by atoms with Crippen molar-refractivity contribution in [3.63, 3.8) is 0 Å². The number of fused-ring (bicyclic) bond motifs is 1. The van der Waals surface area contributed by atoms with Crippen LogP contribution in [0.3, 0.4) is 0 Å². The number of halogens is 1. The van der Waals surface area contributed by atoms with Crippen molar-refractivity contribution < 1.29 is 4.79 Å². The van der Waals surface area contributed by atoms with Crippen LogP contribution >= 0.6 is 22.6 Å². The van der Waals surface area contributed by atoms with Crippen LogP contribution < -0.4 is 0 Å². The fraction of sp³-hybridized carbons (Fsp3) is 0.400. The molecule has 0 saturated heterocycles. The Morgan fingerprint density at radius 1 is 1.46 bits per heavy atom.